The average molecular weight is 195 g/mol. The molecule has 0 saturated heterocycles. The maximum atomic E-state index is 13.1. The van der Waals surface area contributed by atoms with Crippen LogP contribution in [0.4, 0.5) is 4.39 Å². The van der Waals surface area contributed by atoms with Gasteiger partial charge in [-0.15, -0.1) is 0 Å². The Hall–Kier alpha value is -1.09. The van der Waals surface area contributed by atoms with E-state index >= 15 is 0 Å². The van der Waals surface area contributed by atoms with Crippen LogP contribution in [0, 0.1) is 18.7 Å². The van der Waals surface area contributed by atoms with Gasteiger partial charge in [-0.05, 0) is 43.4 Å². The first-order valence-electron chi connectivity index (χ1n) is 4.84. The van der Waals surface area contributed by atoms with Gasteiger partial charge in [0, 0.05) is 11.6 Å². The number of aromatic hydroxyl groups is 1. The number of hydrogen-bond acceptors (Lipinski definition) is 2. The number of aryl methyl sites for hydroxylation is 1. The average Bonchev–Trinajstić information content (AvgIpc) is 2.93. The van der Waals surface area contributed by atoms with Gasteiger partial charge >= 0.3 is 0 Å². The van der Waals surface area contributed by atoms with E-state index in [1.54, 1.807) is 6.92 Å². The Morgan fingerprint density at radius 3 is 2.71 bits per heavy atom. The maximum Gasteiger partial charge on any atom is 0.124 e. The highest BCUT2D eigenvalue weighted by Gasteiger charge is 2.31. The molecule has 1 fully saturated rings. The van der Waals surface area contributed by atoms with Crippen molar-refractivity contribution in [2.75, 3.05) is 0 Å². The number of phenols is 1. The molecular weight excluding hydrogens is 181 g/mol. The van der Waals surface area contributed by atoms with Crippen molar-refractivity contribution in [3.63, 3.8) is 0 Å². The fourth-order valence-electron chi connectivity index (χ4n) is 1.72. The monoisotopic (exact) mass is 195 g/mol. The van der Waals surface area contributed by atoms with Crippen LogP contribution in [0.25, 0.3) is 0 Å². The molecule has 1 atom stereocenters. The number of hydrogen-bond donors (Lipinski definition) is 2. The Balaban J connectivity index is 2.39. The van der Waals surface area contributed by atoms with Gasteiger partial charge < -0.3 is 10.8 Å². The van der Waals surface area contributed by atoms with Crippen LogP contribution in [0.15, 0.2) is 12.1 Å². The van der Waals surface area contributed by atoms with E-state index in [2.05, 4.69) is 0 Å². The van der Waals surface area contributed by atoms with Gasteiger partial charge in [-0.2, -0.15) is 0 Å². The quantitative estimate of drug-likeness (QED) is 0.760. The highest BCUT2D eigenvalue weighted by molar-refractivity contribution is 5.42. The van der Waals surface area contributed by atoms with Crippen LogP contribution < -0.4 is 5.73 Å². The first-order chi connectivity index (χ1) is 6.59. The molecule has 0 aromatic heterocycles. The Morgan fingerprint density at radius 1 is 1.50 bits per heavy atom. The minimum absolute atomic E-state index is 0.144. The molecule has 3 heteroatoms. The number of phenolic OH excluding ortho intramolecular Hbond substituents is 1. The van der Waals surface area contributed by atoms with Crippen LogP contribution in [0.5, 0.6) is 5.75 Å². The number of halogens is 1. The Kier molecular flexibility index (Phi) is 2.19. The number of rotatable bonds is 2. The Bertz CT molecular complexity index is 361. The summed E-state index contributed by atoms with van der Waals surface area (Å²) in [6.45, 7) is 1.68. The summed E-state index contributed by atoms with van der Waals surface area (Å²) >= 11 is 0. The lowest BCUT2D eigenvalue weighted by atomic mass is 9.99. The normalized spacial score (nSPS) is 18.2. The van der Waals surface area contributed by atoms with E-state index < -0.39 is 0 Å². The van der Waals surface area contributed by atoms with Crippen molar-refractivity contribution < 1.29 is 9.50 Å². The van der Waals surface area contributed by atoms with Crippen LogP contribution in [0.2, 0.25) is 0 Å². The molecule has 0 amide bonds. The smallest absolute Gasteiger partial charge is 0.124 e. The van der Waals surface area contributed by atoms with Gasteiger partial charge in [0.05, 0.1) is 0 Å². The SMILES string of the molecule is Cc1cc(F)cc([C@H](N)C2CC2)c1O. The fourth-order valence-corrected chi connectivity index (χ4v) is 1.72. The van der Waals surface area contributed by atoms with Gasteiger partial charge in [-0.1, -0.05) is 0 Å². The molecule has 1 aliphatic carbocycles. The molecule has 0 heterocycles. The first-order valence-corrected chi connectivity index (χ1v) is 4.84. The summed E-state index contributed by atoms with van der Waals surface area (Å²) in [6.07, 6.45) is 2.16. The largest absolute Gasteiger partial charge is 0.507 e. The first kappa shape index (κ1) is 9.46. The third-order valence-electron chi connectivity index (χ3n) is 2.78. The molecule has 0 spiro atoms. The molecule has 0 radical (unpaired) electrons. The second-order valence-electron chi connectivity index (χ2n) is 4.02. The van der Waals surface area contributed by atoms with E-state index in [0.29, 0.717) is 17.0 Å². The molecule has 0 bridgehead atoms. The van der Waals surface area contributed by atoms with E-state index in [4.69, 9.17) is 5.73 Å². The van der Waals surface area contributed by atoms with Gasteiger partial charge in [0.2, 0.25) is 0 Å². The van der Waals surface area contributed by atoms with Crippen molar-refractivity contribution in [3.05, 3.63) is 29.1 Å². The number of nitrogens with two attached hydrogens (primary N) is 1. The van der Waals surface area contributed by atoms with Crippen molar-refractivity contribution >= 4 is 0 Å². The molecule has 14 heavy (non-hydrogen) atoms. The van der Waals surface area contributed by atoms with Crippen molar-refractivity contribution in [3.8, 4) is 5.75 Å². The van der Waals surface area contributed by atoms with Gasteiger partial charge in [-0.25, -0.2) is 4.39 Å². The zero-order valence-corrected chi connectivity index (χ0v) is 8.13. The van der Waals surface area contributed by atoms with Gasteiger partial charge in [0.25, 0.3) is 0 Å². The van der Waals surface area contributed by atoms with Crippen molar-refractivity contribution in [2.45, 2.75) is 25.8 Å². The van der Waals surface area contributed by atoms with Gasteiger partial charge in [-0.3, -0.25) is 0 Å². The van der Waals surface area contributed by atoms with Crippen molar-refractivity contribution in [2.24, 2.45) is 11.7 Å². The lowest BCUT2D eigenvalue weighted by Gasteiger charge is -2.14. The van der Waals surface area contributed by atoms with E-state index in [1.165, 1.54) is 12.1 Å². The highest BCUT2D eigenvalue weighted by atomic mass is 19.1. The molecule has 2 nitrogen and oxygen atoms in total. The lowest BCUT2D eigenvalue weighted by molar-refractivity contribution is 0.448. The third-order valence-corrected chi connectivity index (χ3v) is 2.78. The number of benzene rings is 1. The van der Waals surface area contributed by atoms with E-state index in [-0.39, 0.29) is 17.6 Å². The third kappa shape index (κ3) is 1.60. The molecule has 76 valence electrons. The molecule has 1 aliphatic rings. The summed E-state index contributed by atoms with van der Waals surface area (Å²) in [5.41, 5.74) is 7.01. The molecule has 0 unspecified atom stereocenters. The summed E-state index contributed by atoms with van der Waals surface area (Å²) in [7, 11) is 0. The standard InChI is InChI=1S/C11H14FNO/c1-6-4-8(12)5-9(11(6)14)10(13)7-2-3-7/h4-5,7,10,14H,2-3,13H2,1H3/t10-/m1/s1. The van der Waals surface area contributed by atoms with E-state index in [1.807, 2.05) is 0 Å². The maximum absolute atomic E-state index is 13.1. The molecule has 2 rings (SSSR count). The predicted octanol–water partition coefficient (Wildman–Crippen LogP) is 2.25. The van der Waals surface area contributed by atoms with E-state index in [0.717, 1.165) is 12.8 Å². The summed E-state index contributed by atoms with van der Waals surface area (Å²) in [6, 6.07) is 2.44. The van der Waals surface area contributed by atoms with E-state index in [9.17, 15) is 9.50 Å². The minimum atomic E-state index is -0.327. The summed E-state index contributed by atoms with van der Waals surface area (Å²) in [4.78, 5) is 0. The second-order valence-corrected chi connectivity index (χ2v) is 4.02. The lowest BCUT2D eigenvalue weighted by Crippen LogP contribution is -2.13. The second kappa shape index (κ2) is 3.24. The fraction of sp³-hybridized carbons (Fsp3) is 0.455. The summed E-state index contributed by atoms with van der Waals surface area (Å²) in [5, 5.41) is 9.72. The van der Waals surface area contributed by atoms with Crippen molar-refractivity contribution in [1.82, 2.24) is 0 Å². The molecule has 0 aliphatic heterocycles. The summed E-state index contributed by atoms with van der Waals surface area (Å²) < 4.78 is 13.1. The van der Waals surface area contributed by atoms with Crippen LogP contribution in [-0.4, -0.2) is 5.11 Å². The van der Waals surface area contributed by atoms with Crippen LogP contribution in [0.1, 0.15) is 30.0 Å². The molecule has 1 aromatic rings. The summed E-state index contributed by atoms with van der Waals surface area (Å²) in [5.74, 6) is 0.235. The Morgan fingerprint density at radius 2 is 2.14 bits per heavy atom. The molecular formula is C11H14FNO. The van der Waals surface area contributed by atoms with Gasteiger partial charge in [0.15, 0.2) is 0 Å². The molecule has 1 saturated carbocycles. The van der Waals surface area contributed by atoms with Crippen molar-refractivity contribution in [1.29, 1.82) is 0 Å². The Labute approximate surface area is 82.5 Å². The van der Waals surface area contributed by atoms with Crippen LogP contribution in [0.3, 0.4) is 0 Å². The minimum Gasteiger partial charge on any atom is -0.507 e. The van der Waals surface area contributed by atoms with Gasteiger partial charge in [0.1, 0.15) is 11.6 Å². The zero-order valence-electron chi connectivity index (χ0n) is 8.13. The molecule has 1 aromatic carbocycles. The topological polar surface area (TPSA) is 46.2 Å². The van der Waals surface area contributed by atoms with Crippen LogP contribution >= 0.6 is 0 Å². The predicted molar refractivity (Wildman–Crippen MR) is 52.5 cm³/mol. The highest BCUT2D eigenvalue weighted by Crippen LogP contribution is 2.42. The molecule has 3 N–H and O–H groups in total. The zero-order chi connectivity index (χ0) is 10.3. The van der Waals surface area contributed by atoms with Crippen LogP contribution in [-0.2, 0) is 0 Å².